The van der Waals surface area contributed by atoms with Gasteiger partial charge in [0.25, 0.3) is 0 Å². The molecule has 2 aliphatic rings. The highest BCUT2D eigenvalue weighted by molar-refractivity contribution is 5.75. The van der Waals surface area contributed by atoms with Crippen molar-refractivity contribution in [3.05, 3.63) is 0 Å². The summed E-state index contributed by atoms with van der Waals surface area (Å²) in [6.07, 6.45) is -0.994. The molecule has 0 bridgehead atoms. The van der Waals surface area contributed by atoms with Gasteiger partial charge in [0.05, 0.1) is 0 Å². The minimum atomic E-state index is -4.89. The average Bonchev–Trinajstić information content (AvgIpc) is 2.32. The van der Waals surface area contributed by atoms with Crippen LogP contribution in [0.4, 0.5) is 13.2 Å². The molecule has 0 aromatic carbocycles. The van der Waals surface area contributed by atoms with Crippen LogP contribution in [0.1, 0.15) is 38.5 Å². The van der Waals surface area contributed by atoms with Gasteiger partial charge in [0.15, 0.2) is 0 Å². The third-order valence-electron chi connectivity index (χ3n) is 3.71. The number of rotatable bonds is 1. The lowest BCUT2D eigenvalue weighted by molar-refractivity contribution is -0.206. The third kappa shape index (κ3) is 3.14. The molecule has 0 amide bonds. The Morgan fingerprint density at radius 2 is 1.89 bits per heavy atom. The lowest BCUT2D eigenvalue weighted by Gasteiger charge is -2.43. The van der Waals surface area contributed by atoms with E-state index in [0.29, 0.717) is 12.8 Å². The van der Waals surface area contributed by atoms with Gasteiger partial charge in [-0.15, -0.1) is 0 Å². The molecule has 0 atom stereocenters. The van der Waals surface area contributed by atoms with Crippen LogP contribution in [0.3, 0.4) is 0 Å². The van der Waals surface area contributed by atoms with E-state index in [2.05, 4.69) is 15.6 Å². The largest absolute Gasteiger partial charge is 0.490 e. The number of nitrogens with one attached hydrogen (secondary N) is 2. The molecule has 1 aliphatic heterocycles. The molecular formula is C11H17F3N2O2. The second kappa shape index (κ2) is 5.05. The number of hydrazine groups is 1. The maximum atomic E-state index is 12.1. The van der Waals surface area contributed by atoms with Crippen molar-refractivity contribution in [2.24, 2.45) is 0 Å². The van der Waals surface area contributed by atoms with E-state index in [1.807, 2.05) is 0 Å². The fourth-order valence-electron chi connectivity index (χ4n) is 2.68. The maximum absolute atomic E-state index is 12.1. The number of ether oxygens (including phenoxy) is 1. The molecule has 0 aromatic rings. The Hall–Kier alpha value is -0.820. The van der Waals surface area contributed by atoms with Crippen molar-refractivity contribution >= 4 is 5.97 Å². The number of halogens is 3. The van der Waals surface area contributed by atoms with Crippen molar-refractivity contribution in [1.82, 2.24) is 10.9 Å². The molecule has 1 saturated heterocycles. The van der Waals surface area contributed by atoms with E-state index in [4.69, 9.17) is 0 Å². The van der Waals surface area contributed by atoms with Crippen LogP contribution in [-0.2, 0) is 9.53 Å². The second-order valence-corrected chi connectivity index (χ2v) is 5.04. The van der Waals surface area contributed by atoms with E-state index in [1.165, 1.54) is 0 Å². The van der Waals surface area contributed by atoms with Gasteiger partial charge >= 0.3 is 12.1 Å². The first-order valence-corrected chi connectivity index (χ1v) is 6.19. The van der Waals surface area contributed by atoms with Gasteiger partial charge in [-0.05, 0) is 38.5 Å². The number of carbonyl (C=O) groups is 1. The number of esters is 1. The van der Waals surface area contributed by atoms with E-state index < -0.39 is 18.2 Å². The SMILES string of the molecule is O=C(OC1CCC2(CCCNN2)CC1)C(F)(F)F. The summed E-state index contributed by atoms with van der Waals surface area (Å²) in [5.74, 6) is -2.07. The quantitative estimate of drug-likeness (QED) is 0.709. The standard InChI is InChI=1S/C11H17F3N2O2/c12-11(13,14)9(17)18-8-2-5-10(6-3-8)4-1-7-15-16-10/h8,15-16H,1-7H2. The summed E-state index contributed by atoms with van der Waals surface area (Å²) in [6, 6.07) is 0. The van der Waals surface area contributed by atoms with Gasteiger partial charge in [-0.25, -0.2) is 4.79 Å². The Labute approximate surface area is 103 Å². The zero-order valence-corrected chi connectivity index (χ0v) is 9.98. The summed E-state index contributed by atoms with van der Waals surface area (Å²) in [4.78, 5) is 10.7. The average molecular weight is 266 g/mol. The van der Waals surface area contributed by atoms with E-state index in [9.17, 15) is 18.0 Å². The van der Waals surface area contributed by atoms with Gasteiger partial charge in [-0.3, -0.25) is 10.9 Å². The Bertz CT molecular complexity index is 304. The van der Waals surface area contributed by atoms with Crippen molar-refractivity contribution in [3.8, 4) is 0 Å². The predicted molar refractivity (Wildman–Crippen MR) is 57.5 cm³/mol. The maximum Gasteiger partial charge on any atom is 0.490 e. The van der Waals surface area contributed by atoms with Crippen LogP contribution in [0.2, 0.25) is 0 Å². The third-order valence-corrected chi connectivity index (χ3v) is 3.71. The number of hydrogen-bond acceptors (Lipinski definition) is 4. The smallest absolute Gasteiger partial charge is 0.456 e. The molecule has 2 fully saturated rings. The monoisotopic (exact) mass is 266 g/mol. The fraction of sp³-hybridized carbons (Fsp3) is 0.909. The molecule has 1 heterocycles. The van der Waals surface area contributed by atoms with Crippen molar-refractivity contribution in [3.63, 3.8) is 0 Å². The van der Waals surface area contributed by atoms with E-state index in [-0.39, 0.29) is 5.54 Å². The highest BCUT2D eigenvalue weighted by Gasteiger charge is 2.44. The zero-order chi connectivity index (χ0) is 13.2. The number of hydrogen-bond donors (Lipinski definition) is 2. The molecule has 7 heteroatoms. The molecule has 1 spiro atoms. The molecule has 2 N–H and O–H groups in total. The normalized spacial score (nSPS) is 33.4. The molecule has 1 saturated carbocycles. The highest BCUT2D eigenvalue weighted by atomic mass is 19.4. The lowest BCUT2D eigenvalue weighted by Crippen LogP contribution is -2.58. The van der Waals surface area contributed by atoms with Crippen molar-refractivity contribution in [2.45, 2.75) is 56.3 Å². The molecule has 0 unspecified atom stereocenters. The molecule has 0 aromatic heterocycles. The van der Waals surface area contributed by atoms with Crippen LogP contribution in [-0.4, -0.2) is 30.3 Å². The molecule has 18 heavy (non-hydrogen) atoms. The Morgan fingerprint density at radius 1 is 1.22 bits per heavy atom. The van der Waals surface area contributed by atoms with Crippen molar-refractivity contribution in [1.29, 1.82) is 0 Å². The van der Waals surface area contributed by atoms with Crippen LogP contribution in [0.25, 0.3) is 0 Å². The summed E-state index contributed by atoms with van der Waals surface area (Å²) in [5, 5.41) is 0. The minimum Gasteiger partial charge on any atom is -0.456 e. The number of alkyl halides is 3. The Kier molecular flexibility index (Phi) is 3.82. The van der Waals surface area contributed by atoms with E-state index in [0.717, 1.165) is 32.2 Å². The first-order valence-electron chi connectivity index (χ1n) is 6.19. The first kappa shape index (κ1) is 13.6. The van der Waals surface area contributed by atoms with Gasteiger partial charge in [0.2, 0.25) is 0 Å². The molecule has 0 radical (unpaired) electrons. The minimum absolute atomic E-state index is 0.0284. The van der Waals surface area contributed by atoms with Gasteiger partial charge in [0.1, 0.15) is 6.10 Å². The molecule has 104 valence electrons. The zero-order valence-electron chi connectivity index (χ0n) is 9.98. The van der Waals surface area contributed by atoms with Gasteiger partial charge in [-0.1, -0.05) is 0 Å². The lowest BCUT2D eigenvalue weighted by atomic mass is 9.77. The van der Waals surface area contributed by atoms with Gasteiger partial charge in [-0.2, -0.15) is 13.2 Å². The van der Waals surface area contributed by atoms with Crippen LogP contribution < -0.4 is 10.9 Å². The molecule has 2 rings (SSSR count). The van der Waals surface area contributed by atoms with E-state index in [1.54, 1.807) is 0 Å². The van der Waals surface area contributed by atoms with Crippen molar-refractivity contribution < 1.29 is 22.7 Å². The van der Waals surface area contributed by atoms with Crippen LogP contribution >= 0.6 is 0 Å². The number of carbonyl (C=O) groups excluding carboxylic acids is 1. The summed E-state index contributed by atoms with van der Waals surface area (Å²) >= 11 is 0. The first-order chi connectivity index (χ1) is 8.41. The highest BCUT2D eigenvalue weighted by Crippen LogP contribution is 2.35. The van der Waals surface area contributed by atoms with Gasteiger partial charge in [0, 0.05) is 12.1 Å². The summed E-state index contributed by atoms with van der Waals surface area (Å²) in [7, 11) is 0. The van der Waals surface area contributed by atoms with Crippen LogP contribution in [0.15, 0.2) is 0 Å². The Morgan fingerprint density at radius 3 is 2.39 bits per heavy atom. The second-order valence-electron chi connectivity index (χ2n) is 5.04. The Balaban J connectivity index is 1.81. The molecule has 4 nitrogen and oxygen atoms in total. The van der Waals surface area contributed by atoms with Crippen LogP contribution in [0, 0.1) is 0 Å². The topological polar surface area (TPSA) is 50.4 Å². The summed E-state index contributed by atoms with van der Waals surface area (Å²) < 4.78 is 40.6. The summed E-state index contributed by atoms with van der Waals surface area (Å²) in [6.45, 7) is 0.911. The fourth-order valence-corrected chi connectivity index (χ4v) is 2.68. The molecule has 1 aliphatic carbocycles. The predicted octanol–water partition coefficient (Wildman–Crippen LogP) is 1.66. The van der Waals surface area contributed by atoms with Crippen LogP contribution in [0.5, 0.6) is 0 Å². The van der Waals surface area contributed by atoms with E-state index >= 15 is 0 Å². The van der Waals surface area contributed by atoms with Crippen molar-refractivity contribution in [2.75, 3.05) is 6.54 Å². The molecular weight excluding hydrogens is 249 g/mol. The van der Waals surface area contributed by atoms with Gasteiger partial charge < -0.3 is 4.74 Å². The summed E-state index contributed by atoms with van der Waals surface area (Å²) in [5.41, 5.74) is 6.28.